The Kier molecular flexibility index (Phi) is 5.24. The summed E-state index contributed by atoms with van der Waals surface area (Å²) < 4.78 is 10.5. The van der Waals surface area contributed by atoms with E-state index in [0.29, 0.717) is 25.6 Å². The number of nitrogens with one attached hydrogen (secondary N) is 2. The summed E-state index contributed by atoms with van der Waals surface area (Å²) in [6, 6.07) is 6.16. The van der Waals surface area contributed by atoms with E-state index in [0.717, 1.165) is 29.9 Å². The quantitative estimate of drug-likeness (QED) is 0.707. The number of rotatable bonds is 8. The van der Waals surface area contributed by atoms with Gasteiger partial charge in [-0.1, -0.05) is 6.07 Å². The first kappa shape index (κ1) is 14.7. The second-order valence-corrected chi connectivity index (χ2v) is 4.95. The molecule has 5 heteroatoms. The summed E-state index contributed by atoms with van der Waals surface area (Å²) in [6.45, 7) is 1.33. The number of hydrogen-bond donors (Lipinski definition) is 2. The van der Waals surface area contributed by atoms with Crippen molar-refractivity contribution in [2.24, 2.45) is 0 Å². The van der Waals surface area contributed by atoms with Crippen molar-refractivity contribution in [2.75, 3.05) is 20.8 Å². The zero-order valence-electron chi connectivity index (χ0n) is 12.1. The number of carbonyl (C=O) groups is 1. The van der Waals surface area contributed by atoms with Crippen LogP contribution in [0.4, 0.5) is 0 Å². The van der Waals surface area contributed by atoms with Crippen LogP contribution in [-0.4, -0.2) is 32.7 Å². The second-order valence-electron chi connectivity index (χ2n) is 4.95. The molecule has 110 valence electrons. The zero-order valence-corrected chi connectivity index (χ0v) is 12.1. The van der Waals surface area contributed by atoms with Gasteiger partial charge < -0.3 is 20.1 Å². The smallest absolute Gasteiger partial charge is 0.221 e. The summed E-state index contributed by atoms with van der Waals surface area (Å²) in [5.41, 5.74) is 1.05. The lowest BCUT2D eigenvalue weighted by molar-refractivity contribution is -0.121. The predicted molar refractivity (Wildman–Crippen MR) is 77.0 cm³/mol. The van der Waals surface area contributed by atoms with Crippen LogP contribution in [0.15, 0.2) is 18.2 Å². The Bertz CT molecular complexity index is 458. The molecule has 0 heterocycles. The SMILES string of the molecule is COc1ccc(CNCCC(=O)NC2CC2)c(OC)c1. The van der Waals surface area contributed by atoms with Gasteiger partial charge in [0.25, 0.3) is 0 Å². The highest BCUT2D eigenvalue weighted by atomic mass is 16.5. The molecule has 1 saturated carbocycles. The van der Waals surface area contributed by atoms with Crippen LogP contribution < -0.4 is 20.1 Å². The van der Waals surface area contributed by atoms with Crippen LogP contribution in [0.1, 0.15) is 24.8 Å². The number of methoxy groups -OCH3 is 2. The normalized spacial score (nSPS) is 13.9. The molecular formula is C15H22N2O3. The van der Waals surface area contributed by atoms with Crippen molar-refractivity contribution in [2.45, 2.75) is 31.8 Å². The molecule has 0 saturated heterocycles. The van der Waals surface area contributed by atoms with E-state index in [1.54, 1.807) is 14.2 Å². The molecule has 0 aliphatic heterocycles. The average Bonchev–Trinajstić information content (AvgIpc) is 3.27. The van der Waals surface area contributed by atoms with Crippen molar-refractivity contribution in [3.8, 4) is 11.5 Å². The van der Waals surface area contributed by atoms with E-state index >= 15 is 0 Å². The molecule has 2 rings (SSSR count). The summed E-state index contributed by atoms with van der Waals surface area (Å²) in [6.07, 6.45) is 2.76. The van der Waals surface area contributed by atoms with Crippen molar-refractivity contribution in [1.82, 2.24) is 10.6 Å². The first-order valence-electron chi connectivity index (χ1n) is 6.94. The van der Waals surface area contributed by atoms with Crippen LogP contribution in [-0.2, 0) is 11.3 Å². The van der Waals surface area contributed by atoms with Gasteiger partial charge in [-0.3, -0.25) is 4.79 Å². The highest BCUT2D eigenvalue weighted by molar-refractivity contribution is 5.76. The highest BCUT2D eigenvalue weighted by Gasteiger charge is 2.22. The molecule has 1 aromatic carbocycles. The first-order chi connectivity index (χ1) is 9.72. The number of hydrogen-bond acceptors (Lipinski definition) is 4. The van der Waals surface area contributed by atoms with E-state index < -0.39 is 0 Å². The summed E-state index contributed by atoms with van der Waals surface area (Å²) in [4.78, 5) is 11.5. The fourth-order valence-electron chi connectivity index (χ4n) is 1.95. The van der Waals surface area contributed by atoms with Gasteiger partial charge in [-0.05, 0) is 18.9 Å². The number of ether oxygens (including phenoxy) is 2. The minimum atomic E-state index is 0.127. The number of carbonyl (C=O) groups excluding carboxylic acids is 1. The summed E-state index contributed by atoms with van der Waals surface area (Å²) >= 11 is 0. The molecule has 5 nitrogen and oxygen atoms in total. The van der Waals surface area contributed by atoms with Gasteiger partial charge in [0.1, 0.15) is 11.5 Å². The van der Waals surface area contributed by atoms with E-state index in [2.05, 4.69) is 10.6 Å². The molecule has 1 fully saturated rings. The zero-order chi connectivity index (χ0) is 14.4. The van der Waals surface area contributed by atoms with E-state index in [4.69, 9.17) is 9.47 Å². The van der Waals surface area contributed by atoms with Gasteiger partial charge in [-0.2, -0.15) is 0 Å². The van der Waals surface area contributed by atoms with Gasteiger partial charge in [0.2, 0.25) is 5.91 Å². The predicted octanol–water partition coefficient (Wildman–Crippen LogP) is 1.46. The average molecular weight is 278 g/mol. The minimum absolute atomic E-state index is 0.127. The summed E-state index contributed by atoms with van der Waals surface area (Å²) in [5, 5.41) is 6.23. The fourth-order valence-corrected chi connectivity index (χ4v) is 1.95. The van der Waals surface area contributed by atoms with Crippen LogP contribution in [0.25, 0.3) is 0 Å². The Hall–Kier alpha value is -1.75. The molecule has 0 spiro atoms. The highest BCUT2D eigenvalue weighted by Crippen LogP contribution is 2.24. The van der Waals surface area contributed by atoms with Crippen molar-refractivity contribution in [3.05, 3.63) is 23.8 Å². The van der Waals surface area contributed by atoms with Gasteiger partial charge in [0.15, 0.2) is 0 Å². The molecule has 0 unspecified atom stereocenters. The Morgan fingerprint density at radius 3 is 2.75 bits per heavy atom. The van der Waals surface area contributed by atoms with Gasteiger partial charge in [-0.15, -0.1) is 0 Å². The van der Waals surface area contributed by atoms with Crippen LogP contribution in [0.5, 0.6) is 11.5 Å². The van der Waals surface area contributed by atoms with Crippen LogP contribution in [0.3, 0.4) is 0 Å². The third-order valence-corrected chi connectivity index (χ3v) is 3.28. The van der Waals surface area contributed by atoms with E-state index in [9.17, 15) is 4.79 Å². The number of amides is 1. The lowest BCUT2D eigenvalue weighted by atomic mass is 10.2. The third-order valence-electron chi connectivity index (χ3n) is 3.28. The van der Waals surface area contributed by atoms with Crippen LogP contribution >= 0.6 is 0 Å². The molecule has 0 bridgehead atoms. The molecule has 0 aromatic heterocycles. The maximum absolute atomic E-state index is 11.5. The van der Waals surface area contributed by atoms with E-state index in [1.807, 2.05) is 18.2 Å². The van der Waals surface area contributed by atoms with Crippen molar-refractivity contribution in [1.29, 1.82) is 0 Å². The Morgan fingerprint density at radius 2 is 2.10 bits per heavy atom. The summed E-state index contributed by atoms with van der Waals surface area (Å²) in [5.74, 6) is 1.69. The number of benzene rings is 1. The molecule has 20 heavy (non-hydrogen) atoms. The van der Waals surface area contributed by atoms with Crippen LogP contribution in [0.2, 0.25) is 0 Å². The summed E-state index contributed by atoms with van der Waals surface area (Å²) in [7, 11) is 3.27. The van der Waals surface area contributed by atoms with Gasteiger partial charge in [0.05, 0.1) is 14.2 Å². The topological polar surface area (TPSA) is 59.6 Å². The van der Waals surface area contributed by atoms with Crippen molar-refractivity contribution in [3.63, 3.8) is 0 Å². The third kappa shape index (κ3) is 4.42. The Labute approximate surface area is 119 Å². The lowest BCUT2D eigenvalue weighted by Crippen LogP contribution is -2.29. The molecular weight excluding hydrogens is 256 g/mol. The van der Waals surface area contributed by atoms with Crippen LogP contribution in [0, 0.1) is 0 Å². The minimum Gasteiger partial charge on any atom is -0.497 e. The standard InChI is InChI=1S/C15H22N2O3/c1-19-13-6-3-11(14(9-13)20-2)10-16-8-7-15(18)17-12-4-5-12/h3,6,9,12,16H,4-5,7-8,10H2,1-2H3,(H,17,18). The van der Waals surface area contributed by atoms with Crippen molar-refractivity contribution < 1.29 is 14.3 Å². The van der Waals surface area contributed by atoms with Gasteiger partial charge in [-0.25, -0.2) is 0 Å². The molecule has 0 radical (unpaired) electrons. The molecule has 1 aromatic rings. The molecule has 1 aliphatic carbocycles. The molecule has 1 aliphatic rings. The van der Waals surface area contributed by atoms with E-state index in [-0.39, 0.29) is 5.91 Å². The molecule has 0 atom stereocenters. The molecule has 1 amide bonds. The maximum atomic E-state index is 11.5. The monoisotopic (exact) mass is 278 g/mol. The fraction of sp³-hybridized carbons (Fsp3) is 0.533. The largest absolute Gasteiger partial charge is 0.497 e. The first-order valence-corrected chi connectivity index (χ1v) is 6.94. The Morgan fingerprint density at radius 1 is 1.30 bits per heavy atom. The maximum Gasteiger partial charge on any atom is 0.221 e. The Balaban J connectivity index is 1.73. The lowest BCUT2D eigenvalue weighted by Gasteiger charge is -2.11. The molecule has 2 N–H and O–H groups in total. The van der Waals surface area contributed by atoms with Crippen molar-refractivity contribution >= 4 is 5.91 Å². The second kappa shape index (κ2) is 7.14. The van der Waals surface area contributed by atoms with Gasteiger partial charge in [0, 0.05) is 37.2 Å². The van der Waals surface area contributed by atoms with Gasteiger partial charge >= 0.3 is 0 Å². The van der Waals surface area contributed by atoms with E-state index in [1.165, 1.54) is 0 Å².